The molecule has 23 heavy (non-hydrogen) atoms. The van der Waals surface area contributed by atoms with Gasteiger partial charge in [-0.25, -0.2) is 23.1 Å². The minimum atomic E-state index is -3.81. The SMILES string of the molecule is Cc1ccnc(NS(=O)(=O)c2ccc(NC(=O)[C@@H](C)Cl)cc2)n1. The molecule has 1 aromatic carbocycles. The van der Waals surface area contributed by atoms with Crippen LogP contribution in [0.5, 0.6) is 0 Å². The van der Waals surface area contributed by atoms with Crippen molar-refractivity contribution >= 4 is 39.2 Å². The fourth-order valence-corrected chi connectivity index (χ4v) is 2.64. The summed E-state index contributed by atoms with van der Waals surface area (Å²) in [5.41, 5.74) is 1.10. The molecule has 0 aliphatic heterocycles. The van der Waals surface area contributed by atoms with E-state index >= 15 is 0 Å². The van der Waals surface area contributed by atoms with Crippen molar-refractivity contribution in [3.05, 3.63) is 42.2 Å². The van der Waals surface area contributed by atoms with E-state index in [1.807, 2.05) is 0 Å². The van der Waals surface area contributed by atoms with Crippen LogP contribution < -0.4 is 10.0 Å². The summed E-state index contributed by atoms with van der Waals surface area (Å²) in [6, 6.07) is 7.35. The summed E-state index contributed by atoms with van der Waals surface area (Å²) in [6.45, 7) is 3.27. The topological polar surface area (TPSA) is 101 Å². The number of amides is 1. The number of halogens is 1. The first kappa shape index (κ1) is 17.2. The summed E-state index contributed by atoms with van der Waals surface area (Å²) >= 11 is 5.65. The summed E-state index contributed by atoms with van der Waals surface area (Å²) in [5, 5.41) is 1.88. The maximum Gasteiger partial charge on any atom is 0.264 e. The molecule has 1 atom stereocenters. The van der Waals surface area contributed by atoms with Gasteiger partial charge in [0.05, 0.1) is 4.90 Å². The number of anilines is 2. The second kappa shape index (κ2) is 6.93. The summed E-state index contributed by atoms with van der Waals surface area (Å²) in [4.78, 5) is 19.3. The van der Waals surface area contributed by atoms with E-state index in [9.17, 15) is 13.2 Å². The largest absolute Gasteiger partial charge is 0.325 e. The van der Waals surface area contributed by atoms with Gasteiger partial charge in [0.25, 0.3) is 10.0 Å². The number of carbonyl (C=O) groups excluding carboxylic acids is 1. The van der Waals surface area contributed by atoms with E-state index in [0.717, 1.165) is 0 Å². The van der Waals surface area contributed by atoms with Gasteiger partial charge in [0.2, 0.25) is 11.9 Å². The van der Waals surface area contributed by atoms with Crippen LogP contribution in [0.4, 0.5) is 11.6 Å². The van der Waals surface area contributed by atoms with Gasteiger partial charge in [-0.3, -0.25) is 4.79 Å². The number of nitrogens with one attached hydrogen (secondary N) is 2. The Labute approximate surface area is 139 Å². The molecule has 0 aliphatic carbocycles. The molecule has 0 radical (unpaired) electrons. The predicted octanol–water partition coefficient (Wildman–Crippen LogP) is 2.15. The lowest BCUT2D eigenvalue weighted by atomic mass is 10.3. The highest BCUT2D eigenvalue weighted by molar-refractivity contribution is 7.92. The summed E-state index contributed by atoms with van der Waals surface area (Å²) in [5.74, 6) is -0.369. The van der Waals surface area contributed by atoms with Crippen LogP contribution in [0.25, 0.3) is 0 Å². The number of benzene rings is 1. The Kier molecular flexibility index (Phi) is 5.17. The van der Waals surface area contributed by atoms with E-state index in [2.05, 4.69) is 20.0 Å². The molecule has 0 saturated carbocycles. The molecule has 122 valence electrons. The molecule has 1 heterocycles. The van der Waals surface area contributed by atoms with Crippen LogP contribution in [0, 0.1) is 6.92 Å². The molecule has 0 saturated heterocycles. The van der Waals surface area contributed by atoms with Crippen LogP contribution in [0.2, 0.25) is 0 Å². The van der Waals surface area contributed by atoms with Crippen LogP contribution in [-0.4, -0.2) is 29.7 Å². The molecular formula is C14H15ClN4O3S. The predicted molar refractivity (Wildman–Crippen MR) is 88.0 cm³/mol. The van der Waals surface area contributed by atoms with Crippen molar-refractivity contribution < 1.29 is 13.2 Å². The van der Waals surface area contributed by atoms with Crippen LogP contribution >= 0.6 is 11.6 Å². The number of aryl methyl sites for hydroxylation is 1. The third kappa shape index (κ3) is 4.64. The van der Waals surface area contributed by atoms with Gasteiger partial charge in [0.15, 0.2) is 0 Å². The van der Waals surface area contributed by atoms with Gasteiger partial charge in [-0.1, -0.05) is 0 Å². The minimum absolute atomic E-state index is 0.00153. The van der Waals surface area contributed by atoms with E-state index in [1.165, 1.54) is 30.5 Å². The van der Waals surface area contributed by atoms with Gasteiger partial charge in [0.1, 0.15) is 5.38 Å². The van der Waals surface area contributed by atoms with Crippen molar-refractivity contribution in [2.75, 3.05) is 10.0 Å². The van der Waals surface area contributed by atoms with Gasteiger partial charge in [-0.2, -0.15) is 0 Å². The maximum atomic E-state index is 12.3. The number of nitrogens with zero attached hydrogens (tertiary/aromatic N) is 2. The Balaban J connectivity index is 2.16. The molecule has 0 bridgehead atoms. The molecule has 0 aliphatic rings. The van der Waals surface area contributed by atoms with E-state index in [-0.39, 0.29) is 16.8 Å². The monoisotopic (exact) mass is 354 g/mol. The van der Waals surface area contributed by atoms with Crippen molar-refractivity contribution in [3.63, 3.8) is 0 Å². The van der Waals surface area contributed by atoms with Crippen LogP contribution in [0.1, 0.15) is 12.6 Å². The van der Waals surface area contributed by atoms with E-state index < -0.39 is 15.4 Å². The van der Waals surface area contributed by atoms with Crippen LogP contribution in [0.3, 0.4) is 0 Å². The second-order valence-electron chi connectivity index (χ2n) is 4.76. The molecule has 0 spiro atoms. The first-order valence-corrected chi connectivity index (χ1v) is 8.57. The number of alkyl halides is 1. The standard InChI is InChI=1S/C14H15ClN4O3S/c1-9-7-8-16-14(17-9)19-23(21,22)12-5-3-11(4-6-12)18-13(20)10(2)15/h3-8,10H,1-2H3,(H,18,20)(H,16,17,19)/t10-/m1/s1. The highest BCUT2D eigenvalue weighted by atomic mass is 35.5. The van der Waals surface area contributed by atoms with E-state index in [0.29, 0.717) is 11.4 Å². The smallest absolute Gasteiger partial charge is 0.264 e. The normalized spacial score (nSPS) is 12.5. The summed E-state index contributed by atoms with van der Waals surface area (Å²) in [7, 11) is -3.81. The lowest BCUT2D eigenvalue weighted by Crippen LogP contribution is -2.20. The lowest BCUT2D eigenvalue weighted by molar-refractivity contribution is -0.115. The molecule has 1 aromatic heterocycles. The third-order valence-electron chi connectivity index (χ3n) is 2.81. The Bertz CT molecular complexity index is 807. The highest BCUT2D eigenvalue weighted by Crippen LogP contribution is 2.17. The molecule has 0 fully saturated rings. The molecule has 1 amide bonds. The van der Waals surface area contributed by atoms with Crippen molar-refractivity contribution in [1.29, 1.82) is 0 Å². The molecule has 0 unspecified atom stereocenters. The van der Waals surface area contributed by atoms with Crippen molar-refractivity contribution in [2.24, 2.45) is 0 Å². The molecule has 2 rings (SSSR count). The number of sulfonamides is 1. The van der Waals surface area contributed by atoms with Crippen LogP contribution in [0.15, 0.2) is 41.4 Å². The highest BCUT2D eigenvalue weighted by Gasteiger charge is 2.16. The van der Waals surface area contributed by atoms with Crippen molar-refractivity contribution in [2.45, 2.75) is 24.1 Å². The number of hydrogen-bond donors (Lipinski definition) is 2. The van der Waals surface area contributed by atoms with Crippen molar-refractivity contribution in [1.82, 2.24) is 9.97 Å². The lowest BCUT2D eigenvalue weighted by Gasteiger charge is -2.09. The van der Waals surface area contributed by atoms with Gasteiger partial charge in [-0.15, -0.1) is 11.6 Å². The van der Waals surface area contributed by atoms with Crippen molar-refractivity contribution in [3.8, 4) is 0 Å². The Morgan fingerprint density at radius 3 is 2.43 bits per heavy atom. The Morgan fingerprint density at radius 1 is 1.22 bits per heavy atom. The maximum absolute atomic E-state index is 12.3. The van der Waals surface area contributed by atoms with Gasteiger partial charge < -0.3 is 5.32 Å². The molecular weight excluding hydrogens is 340 g/mol. The summed E-state index contributed by atoms with van der Waals surface area (Å²) < 4.78 is 26.8. The van der Waals surface area contributed by atoms with E-state index in [4.69, 9.17) is 11.6 Å². The minimum Gasteiger partial charge on any atom is -0.325 e. The second-order valence-corrected chi connectivity index (χ2v) is 7.09. The molecule has 9 heteroatoms. The number of aromatic nitrogens is 2. The Morgan fingerprint density at radius 2 is 1.87 bits per heavy atom. The fourth-order valence-electron chi connectivity index (χ4n) is 1.64. The zero-order valence-electron chi connectivity index (χ0n) is 12.4. The number of rotatable bonds is 5. The van der Waals surface area contributed by atoms with E-state index in [1.54, 1.807) is 19.9 Å². The zero-order chi connectivity index (χ0) is 17.0. The Hall–Kier alpha value is -2.19. The first-order valence-electron chi connectivity index (χ1n) is 6.65. The first-order chi connectivity index (χ1) is 10.8. The molecule has 7 nitrogen and oxygen atoms in total. The average molecular weight is 355 g/mol. The molecule has 2 N–H and O–H groups in total. The van der Waals surface area contributed by atoms with Gasteiger partial charge >= 0.3 is 0 Å². The molecule has 2 aromatic rings. The quantitative estimate of drug-likeness (QED) is 0.801. The van der Waals surface area contributed by atoms with Crippen LogP contribution in [-0.2, 0) is 14.8 Å². The summed E-state index contributed by atoms with van der Waals surface area (Å²) in [6.07, 6.45) is 1.46. The number of carbonyl (C=O) groups is 1. The van der Waals surface area contributed by atoms with Gasteiger partial charge in [-0.05, 0) is 44.2 Å². The fraction of sp³-hybridized carbons (Fsp3) is 0.214. The zero-order valence-corrected chi connectivity index (χ0v) is 14.0. The third-order valence-corrected chi connectivity index (χ3v) is 4.36. The average Bonchev–Trinajstić information content (AvgIpc) is 2.47. The van der Waals surface area contributed by atoms with Gasteiger partial charge in [0, 0.05) is 17.6 Å². The number of hydrogen-bond acceptors (Lipinski definition) is 5.